The van der Waals surface area contributed by atoms with E-state index in [4.69, 9.17) is 11.6 Å². The molecule has 0 radical (unpaired) electrons. The molecule has 0 aromatic carbocycles. The van der Waals surface area contributed by atoms with E-state index in [-0.39, 0.29) is 5.78 Å². The van der Waals surface area contributed by atoms with E-state index in [1.165, 1.54) is 0 Å². The van der Waals surface area contributed by atoms with Gasteiger partial charge in [-0.15, -0.1) is 0 Å². The second-order valence-corrected chi connectivity index (χ2v) is 5.29. The zero-order valence-electron chi connectivity index (χ0n) is 10.8. The highest BCUT2D eigenvalue weighted by molar-refractivity contribution is 6.33. The minimum absolute atomic E-state index is 0.137. The molecule has 5 heteroatoms. The largest absolute Gasteiger partial charge is 0.317 e. The average molecular weight is 270 g/mol. The monoisotopic (exact) mass is 269 g/mol. The summed E-state index contributed by atoms with van der Waals surface area (Å²) in [5, 5.41) is 7.97. The van der Waals surface area contributed by atoms with Crippen molar-refractivity contribution >= 4 is 17.4 Å². The molecular formula is C13H20ClN3O. The molecule has 1 saturated heterocycles. The third kappa shape index (κ3) is 3.12. The molecule has 2 rings (SSSR count). The Hall–Kier alpha value is -0.870. The van der Waals surface area contributed by atoms with Gasteiger partial charge in [-0.3, -0.25) is 9.48 Å². The van der Waals surface area contributed by atoms with Crippen molar-refractivity contribution in [1.82, 2.24) is 15.1 Å². The molecule has 4 nitrogen and oxygen atoms in total. The van der Waals surface area contributed by atoms with E-state index in [0.29, 0.717) is 23.1 Å². The standard InChI is InChI=1S/C13H20ClN3O/c1-2-7-17-13(11(14)9-16-17)12(18)8-10-3-5-15-6-4-10/h9-10,15H,2-8H2,1H3. The van der Waals surface area contributed by atoms with Gasteiger partial charge in [-0.2, -0.15) is 5.10 Å². The van der Waals surface area contributed by atoms with Crippen LogP contribution in [-0.2, 0) is 6.54 Å². The lowest BCUT2D eigenvalue weighted by atomic mass is 9.92. The predicted molar refractivity (Wildman–Crippen MR) is 72.1 cm³/mol. The van der Waals surface area contributed by atoms with Gasteiger partial charge in [-0.05, 0) is 38.3 Å². The van der Waals surface area contributed by atoms with E-state index in [1.807, 2.05) is 0 Å². The number of nitrogens with zero attached hydrogens (tertiary/aromatic N) is 2. The van der Waals surface area contributed by atoms with Gasteiger partial charge in [0.2, 0.25) is 0 Å². The van der Waals surface area contributed by atoms with E-state index < -0.39 is 0 Å². The molecule has 1 fully saturated rings. The molecule has 2 heterocycles. The zero-order chi connectivity index (χ0) is 13.0. The number of ketones is 1. The van der Waals surface area contributed by atoms with Gasteiger partial charge in [0.15, 0.2) is 5.78 Å². The van der Waals surface area contributed by atoms with Crippen LogP contribution < -0.4 is 5.32 Å². The molecule has 0 amide bonds. The van der Waals surface area contributed by atoms with Crippen LogP contribution in [0.5, 0.6) is 0 Å². The maximum atomic E-state index is 12.3. The van der Waals surface area contributed by atoms with Crippen molar-refractivity contribution in [2.45, 2.75) is 39.2 Å². The normalized spacial score (nSPS) is 17.0. The maximum absolute atomic E-state index is 12.3. The Morgan fingerprint density at radius 3 is 2.94 bits per heavy atom. The Morgan fingerprint density at radius 1 is 1.56 bits per heavy atom. The lowest BCUT2D eigenvalue weighted by molar-refractivity contribution is 0.0941. The van der Waals surface area contributed by atoms with E-state index in [1.54, 1.807) is 10.9 Å². The van der Waals surface area contributed by atoms with E-state index in [9.17, 15) is 4.79 Å². The summed E-state index contributed by atoms with van der Waals surface area (Å²) in [5.74, 6) is 0.623. The lowest BCUT2D eigenvalue weighted by Gasteiger charge is -2.21. The number of aryl methyl sites for hydroxylation is 1. The SMILES string of the molecule is CCCn1ncc(Cl)c1C(=O)CC1CCNCC1. The summed E-state index contributed by atoms with van der Waals surface area (Å²) in [7, 11) is 0. The molecule has 100 valence electrons. The molecular weight excluding hydrogens is 250 g/mol. The number of Topliss-reactive ketones (excluding diaryl/α,β-unsaturated/α-hetero) is 1. The van der Waals surface area contributed by atoms with Gasteiger partial charge in [0.05, 0.1) is 11.2 Å². The summed E-state index contributed by atoms with van der Waals surface area (Å²) in [4.78, 5) is 12.3. The Labute approximate surface area is 113 Å². The molecule has 0 spiro atoms. The molecule has 1 aliphatic heterocycles. The van der Waals surface area contributed by atoms with Gasteiger partial charge in [0, 0.05) is 13.0 Å². The molecule has 0 bridgehead atoms. The number of halogens is 1. The van der Waals surface area contributed by atoms with E-state index in [2.05, 4.69) is 17.3 Å². The number of carbonyl (C=O) groups is 1. The number of carbonyl (C=O) groups excluding carboxylic acids is 1. The minimum atomic E-state index is 0.137. The Kier molecular flexibility index (Phi) is 4.78. The summed E-state index contributed by atoms with van der Waals surface area (Å²) >= 11 is 6.08. The van der Waals surface area contributed by atoms with Gasteiger partial charge in [0.1, 0.15) is 5.69 Å². The first-order chi connectivity index (χ1) is 8.72. The topological polar surface area (TPSA) is 46.9 Å². The molecule has 0 aliphatic carbocycles. The van der Waals surface area contributed by atoms with Gasteiger partial charge < -0.3 is 5.32 Å². The molecule has 1 aromatic rings. The highest BCUT2D eigenvalue weighted by Crippen LogP contribution is 2.23. The fourth-order valence-corrected chi connectivity index (χ4v) is 2.71. The van der Waals surface area contributed by atoms with Crippen LogP contribution in [0.15, 0.2) is 6.20 Å². The van der Waals surface area contributed by atoms with Crippen molar-refractivity contribution in [3.05, 3.63) is 16.9 Å². The molecule has 0 saturated carbocycles. The third-order valence-electron chi connectivity index (χ3n) is 3.43. The Bertz CT molecular complexity index is 410. The summed E-state index contributed by atoms with van der Waals surface area (Å²) in [6.45, 7) is 4.84. The van der Waals surface area contributed by atoms with Gasteiger partial charge in [-0.1, -0.05) is 18.5 Å². The number of rotatable bonds is 5. The van der Waals surface area contributed by atoms with Gasteiger partial charge in [0.25, 0.3) is 0 Å². The highest BCUT2D eigenvalue weighted by Gasteiger charge is 2.22. The van der Waals surface area contributed by atoms with Crippen LogP contribution in [0.3, 0.4) is 0 Å². The van der Waals surface area contributed by atoms with Crippen LogP contribution >= 0.6 is 11.6 Å². The predicted octanol–water partition coefficient (Wildman–Crippen LogP) is 2.52. The van der Waals surface area contributed by atoms with Crippen molar-refractivity contribution < 1.29 is 4.79 Å². The second kappa shape index (κ2) is 6.34. The van der Waals surface area contributed by atoms with Crippen LogP contribution in [0.2, 0.25) is 5.02 Å². The summed E-state index contributed by atoms with van der Waals surface area (Å²) in [6.07, 6.45) is 5.27. The number of nitrogens with one attached hydrogen (secondary N) is 1. The first kappa shape index (κ1) is 13.6. The molecule has 0 unspecified atom stereocenters. The summed E-state index contributed by atoms with van der Waals surface area (Å²) < 4.78 is 1.74. The van der Waals surface area contributed by atoms with E-state index >= 15 is 0 Å². The first-order valence-electron chi connectivity index (χ1n) is 6.67. The maximum Gasteiger partial charge on any atom is 0.182 e. The van der Waals surface area contributed by atoms with Crippen LogP contribution in [0.1, 0.15) is 43.1 Å². The lowest BCUT2D eigenvalue weighted by Crippen LogP contribution is -2.29. The first-order valence-corrected chi connectivity index (χ1v) is 7.05. The summed E-state index contributed by atoms with van der Waals surface area (Å²) in [6, 6.07) is 0. The molecule has 18 heavy (non-hydrogen) atoms. The number of hydrogen-bond acceptors (Lipinski definition) is 3. The van der Waals surface area contributed by atoms with Crippen LogP contribution in [0.4, 0.5) is 0 Å². The van der Waals surface area contributed by atoms with Crippen LogP contribution in [0.25, 0.3) is 0 Å². The molecule has 1 aliphatic rings. The van der Waals surface area contributed by atoms with Gasteiger partial charge in [-0.25, -0.2) is 0 Å². The fraction of sp³-hybridized carbons (Fsp3) is 0.692. The Morgan fingerprint density at radius 2 is 2.28 bits per heavy atom. The second-order valence-electron chi connectivity index (χ2n) is 4.88. The fourth-order valence-electron chi connectivity index (χ4n) is 2.47. The van der Waals surface area contributed by atoms with Crippen LogP contribution in [0, 0.1) is 5.92 Å². The number of hydrogen-bond donors (Lipinski definition) is 1. The van der Waals surface area contributed by atoms with Crippen molar-refractivity contribution in [1.29, 1.82) is 0 Å². The molecule has 1 aromatic heterocycles. The quantitative estimate of drug-likeness (QED) is 0.836. The summed E-state index contributed by atoms with van der Waals surface area (Å²) in [5.41, 5.74) is 0.594. The van der Waals surface area contributed by atoms with Crippen molar-refractivity contribution in [3.63, 3.8) is 0 Å². The van der Waals surface area contributed by atoms with Gasteiger partial charge >= 0.3 is 0 Å². The highest BCUT2D eigenvalue weighted by atomic mass is 35.5. The van der Waals surface area contributed by atoms with Crippen molar-refractivity contribution in [3.8, 4) is 0 Å². The third-order valence-corrected chi connectivity index (χ3v) is 3.70. The number of aromatic nitrogens is 2. The molecule has 1 N–H and O–H groups in total. The number of piperidine rings is 1. The molecule has 0 atom stereocenters. The van der Waals surface area contributed by atoms with E-state index in [0.717, 1.165) is 38.9 Å². The average Bonchev–Trinajstić information content (AvgIpc) is 2.72. The zero-order valence-corrected chi connectivity index (χ0v) is 11.5. The van der Waals surface area contributed by atoms with Crippen molar-refractivity contribution in [2.24, 2.45) is 5.92 Å². The smallest absolute Gasteiger partial charge is 0.182 e. The minimum Gasteiger partial charge on any atom is -0.317 e. The Balaban J connectivity index is 2.05. The van der Waals surface area contributed by atoms with Crippen molar-refractivity contribution in [2.75, 3.05) is 13.1 Å². The van der Waals surface area contributed by atoms with Crippen LogP contribution in [-0.4, -0.2) is 28.7 Å².